The molecule has 0 radical (unpaired) electrons. The second-order valence-electron chi connectivity index (χ2n) is 4.59. The lowest BCUT2D eigenvalue weighted by Gasteiger charge is -2.09. The molecule has 0 saturated carbocycles. The zero-order chi connectivity index (χ0) is 14.5. The van der Waals surface area contributed by atoms with Crippen molar-refractivity contribution in [2.24, 2.45) is 0 Å². The molecule has 0 aliphatic heterocycles. The van der Waals surface area contributed by atoms with Crippen LogP contribution in [0.4, 0.5) is 5.69 Å². The van der Waals surface area contributed by atoms with Gasteiger partial charge in [0, 0.05) is 10.7 Å². The van der Waals surface area contributed by atoms with Crippen molar-refractivity contribution in [2.75, 3.05) is 11.9 Å². The molecule has 0 aromatic heterocycles. The minimum Gasteiger partial charge on any atom is -0.484 e. The number of hydrogen-bond acceptors (Lipinski definition) is 2. The second kappa shape index (κ2) is 6.44. The Morgan fingerprint density at radius 1 is 1.10 bits per heavy atom. The van der Waals surface area contributed by atoms with E-state index in [1.165, 1.54) is 5.56 Å². The minimum atomic E-state index is -0.191. The van der Waals surface area contributed by atoms with Gasteiger partial charge in [-0.25, -0.2) is 0 Å². The van der Waals surface area contributed by atoms with Crippen molar-refractivity contribution in [2.45, 2.75) is 13.8 Å². The SMILES string of the molecule is Cc1ccc(NC(=O)COc2ccc(Cl)cc2)cc1C. The summed E-state index contributed by atoms with van der Waals surface area (Å²) < 4.78 is 5.38. The van der Waals surface area contributed by atoms with Gasteiger partial charge in [-0.2, -0.15) is 0 Å². The Balaban J connectivity index is 1.89. The smallest absolute Gasteiger partial charge is 0.262 e. The maximum atomic E-state index is 11.8. The highest BCUT2D eigenvalue weighted by Gasteiger charge is 2.04. The predicted molar refractivity (Wildman–Crippen MR) is 81.5 cm³/mol. The molecule has 0 atom stereocenters. The van der Waals surface area contributed by atoms with Crippen molar-refractivity contribution < 1.29 is 9.53 Å². The zero-order valence-corrected chi connectivity index (χ0v) is 12.2. The van der Waals surface area contributed by atoms with Crippen LogP contribution in [-0.2, 0) is 4.79 Å². The van der Waals surface area contributed by atoms with Crippen molar-refractivity contribution in [1.29, 1.82) is 0 Å². The Labute approximate surface area is 123 Å². The topological polar surface area (TPSA) is 38.3 Å². The Hall–Kier alpha value is -2.00. The van der Waals surface area contributed by atoms with Gasteiger partial charge in [-0.05, 0) is 61.4 Å². The molecule has 3 nitrogen and oxygen atoms in total. The van der Waals surface area contributed by atoms with Crippen molar-refractivity contribution in [3.05, 3.63) is 58.6 Å². The zero-order valence-electron chi connectivity index (χ0n) is 11.4. The van der Waals surface area contributed by atoms with Crippen LogP contribution in [0.3, 0.4) is 0 Å². The van der Waals surface area contributed by atoms with Crippen molar-refractivity contribution in [3.63, 3.8) is 0 Å². The standard InChI is InChI=1S/C16H16ClNO2/c1-11-3-6-14(9-12(11)2)18-16(19)10-20-15-7-4-13(17)5-8-15/h3-9H,10H2,1-2H3,(H,18,19). The number of amides is 1. The lowest BCUT2D eigenvalue weighted by Crippen LogP contribution is -2.20. The normalized spacial score (nSPS) is 10.2. The number of aryl methyl sites for hydroxylation is 2. The lowest BCUT2D eigenvalue weighted by molar-refractivity contribution is -0.118. The van der Waals surface area contributed by atoms with E-state index in [0.717, 1.165) is 11.3 Å². The van der Waals surface area contributed by atoms with Crippen LogP contribution in [0.2, 0.25) is 5.02 Å². The lowest BCUT2D eigenvalue weighted by atomic mass is 10.1. The summed E-state index contributed by atoms with van der Waals surface area (Å²) >= 11 is 5.77. The summed E-state index contributed by atoms with van der Waals surface area (Å²) in [6.07, 6.45) is 0. The van der Waals surface area contributed by atoms with Crippen LogP contribution in [0.1, 0.15) is 11.1 Å². The first-order valence-corrected chi connectivity index (χ1v) is 6.68. The number of anilines is 1. The maximum Gasteiger partial charge on any atom is 0.262 e. The van der Waals surface area contributed by atoms with Crippen LogP contribution in [0.5, 0.6) is 5.75 Å². The number of hydrogen-bond donors (Lipinski definition) is 1. The number of carbonyl (C=O) groups is 1. The van der Waals surface area contributed by atoms with Crippen LogP contribution in [0.15, 0.2) is 42.5 Å². The number of carbonyl (C=O) groups excluding carboxylic acids is 1. The average molecular weight is 290 g/mol. The fraction of sp³-hybridized carbons (Fsp3) is 0.188. The summed E-state index contributed by atoms with van der Waals surface area (Å²) in [7, 11) is 0. The largest absolute Gasteiger partial charge is 0.484 e. The van der Waals surface area contributed by atoms with E-state index >= 15 is 0 Å². The quantitative estimate of drug-likeness (QED) is 0.925. The van der Waals surface area contributed by atoms with Gasteiger partial charge in [0.1, 0.15) is 5.75 Å². The molecule has 0 unspecified atom stereocenters. The van der Waals surface area contributed by atoms with E-state index in [1.807, 2.05) is 32.0 Å². The highest BCUT2D eigenvalue weighted by atomic mass is 35.5. The Kier molecular flexibility index (Phi) is 4.64. The molecule has 0 aliphatic carbocycles. The maximum absolute atomic E-state index is 11.8. The number of benzene rings is 2. The highest BCUT2D eigenvalue weighted by molar-refractivity contribution is 6.30. The molecule has 0 bridgehead atoms. The van der Waals surface area contributed by atoms with Gasteiger partial charge < -0.3 is 10.1 Å². The van der Waals surface area contributed by atoms with E-state index in [0.29, 0.717) is 10.8 Å². The Morgan fingerprint density at radius 2 is 1.80 bits per heavy atom. The Bertz CT molecular complexity index is 608. The van der Waals surface area contributed by atoms with Crippen molar-refractivity contribution in [3.8, 4) is 5.75 Å². The van der Waals surface area contributed by atoms with Gasteiger partial charge in [-0.1, -0.05) is 17.7 Å². The number of nitrogens with one attached hydrogen (secondary N) is 1. The van der Waals surface area contributed by atoms with E-state index in [-0.39, 0.29) is 12.5 Å². The summed E-state index contributed by atoms with van der Waals surface area (Å²) in [5.74, 6) is 0.424. The molecule has 1 amide bonds. The third-order valence-corrected chi connectivity index (χ3v) is 3.23. The first-order valence-electron chi connectivity index (χ1n) is 6.30. The summed E-state index contributed by atoms with van der Waals surface area (Å²) in [6, 6.07) is 12.7. The first kappa shape index (κ1) is 14.4. The molecular weight excluding hydrogens is 274 g/mol. The van der Waals surface area contributed by atoms with Gasteiger partial charge in [0.25, 0.3) is 5.91 Å². The molecule has 20 heavy (non-hydrogen) atoms. The van der Waals surface area contributed by atoms with E-state index in [2.05, 4.69) is 5.32 Å². The molecule has 2 aromatic rings. The van der Waals surface area contributed by atoms with E-state index in [4.69, 9.17) is 16.3 Å². The fourth-order valence-corrected chi connectivity index (χ4v) is 1.82. The third-order valence-electron chi connectivity index (χ3n) is 2.97. The number of halogens is 1. The summed E-state index contributed by atoms with van der Waals surface area (Å²) in [5, 5.41) is 3.44. The van der Waals surface area contributed by atoms with Gasteiger partial charge in [-0.3, -0.25) is 4.79 Å². The highest BCUT2D eigenvalue weighted by Crippen LogP contribution is 2.16. The molecule has 0 aliphatic rings. The summed E-state index contributed by atoms with van der Waals surface area (Å²) in [6.45, 7) is 4.01. The van der Waals surface area contributed by atoms with Crippen LogP contribution in [-0.4, -0.2) is 12.5 Å². The minimum absolute atomic E-state index is 0.0332. The van der Waals surface area contributed by atoms with Gasteiger partial charge in [0.15, 0.2) is 6.61 Å². The number of ether oxygens (including phenoxy) is 1. The second-order valence-corrected chi connectivity index (χ2v) is 5.03. The van der Waals surface area contributed by atoms with E-state index < -0.39 is 0 Å². The third kappa shape index (κ3) is 4.00. The number of rotatable bonds is 4. The molecule has 1 N–H and O–H groups in total. The van der Waals surface area contributed by atoms with Gasteiger partial charge >= 0.3 is 0 Å². The first-order chi connectivity index (χ1) is 9.54. The van der Waals surface area contributed by atoms with Crippen molar-refractivity contribution in [1.82, 2.24) is 0 Å². The van der Waals surface area contributed by atoms with Crippen molar-refractivity contribution >= 4 is 23.2 Å². The van der Waals surface area contributed by atoms with Gasteiger partial charge in [0.2, 0.25) is 0 Å². The average Bonchev–Trinajstić information content (AvgIpc) is 2.42. The fourth-order valence-electron chi connectivity index (χ4n) is 1.70. The molecule has 0 fully saturated rings. The Morgan fingerprint density at radius 3 is 2.45 bits per heavy atom. The molecule has 104 valence electrons. The molecular formula is C16H16ClNO2. The molecule has 0 heterocycles. The predicted octanol–water partition coefficient (Wildman–Crippen LogP) is 3.97. The van der Waals surface area contributed by atoms with Crippen LogP contribution in [0, 0.1) is 13.8 Å². The van der Waals surface area contributed by atoms with E-state index in [1.54, 1.807) is 24.3 Å². The summed E-state index contributed by atoms with van der Waals surface area (Å²) in [5.41, 5.74) is 3.11. The van der Waals surface area contributed by atoms with Crippen LogP contribution >= 0.6 is 11.6 Å². The molecule has 0 spiro atoms. The molecule has 4 heteroatoms. The monoisotopic (exact) mass is 289 g/mol. The van der Waals surface area contributed by atoms with E-state index in [9.17, 15) is 4.79 Å². The summed E-state index contributed by atoms with van der Waals surface area (Å²) in [4.78, 5) is 11.8. The van der Waals surface area contributed by atoms with Gasteiger partial charge in [0.05, 0.1) is 0 Å². The molecule has 2 rings (SSSR count). The van der Waals surface area contributed by atoms with Crippen LogP contribution in [0.25, 0.3) is 0 Å². The molecule has 0 saturated heterocycles. The van der Waals surface area contributed by atoms with Gasteiger partial charge in [-0.15, -0.1) is 0 Å². The molecule has 2 aromatic carbocycles. The van der Waals surface area contributed by atoms with Crippen LogP contribution < -0.4 is 10.1 Å².